The van der Waals surface area contributed by atoms with Crippen molar-refractivity contribution in [1.29, 1.82) is 0 Å². The number of aromatic nitrogens is 6. The molecule has 0 radical (unpaired) electrons. The largest absolute Gasteiger partial charge is 0.252 e. The van der Waals surface area contributed by atoms with Crippen LogP contribution in [0.15, 0.2) is 36.7 Å². The van der Waals surface area contributed by atoms with Crippen LogP contribution in [0.2, 0.25) is 0 Å². The van der Waals surface area contributed by atoms with Crippen LogP contribution in [-0.4, -0.2) is 30.0 Å². The highest BCUT2D eigenvalue weighted by Crippen LogP contribution is 2.11. The number of nitrogens with zero attached hydrogens (tertiary/aromatic N) is 6. The predicted octanol–water partition coefficient (Wildman–Crippen LogP) is 3.53. The molecule has 26 heavy (non-hydrogen) atoms. The first-order chi connectivity index (χ1) is 12.7. The van der Waals surface area contributed by atoms with Crippen LogP contribution >= 0.6 is 0 Å². The van der Waals surface area contributed by atoms with Crippen LogP contribution in [0.3, 0.4) is 0 Å². The fourth-order valence-electron chi connectivity index (χ4n) is 3.09. The third kappa shape index (κ3) is 5.79. The van der Waals surface area contributed by atoms with Gasteiger partial charge in [-0.1, -0.05) is 34.7 Å². The summed E-state index contributed by atoms with van der Waals surface area (Å²) in [5.74, 6) is 0. The molecular formula is C20H28N6. The second kappa shape index (κ2) is 9.27. The van der Waals surface area contributed by atoms with E-state index in [4.69, 9.17) is 0 Å². The molecule has 2 aromatic heterocycles. The third-order valence-corrected chi connectivity index (χ3v) is 4.53. The van der Waals surface area contributed by atoms with E-state index in [0.717, 1.165) is 50.2 Å². The molecule has 1 aromatic carbocycles. The van der Waals surface area contributed by atoms with Crippen LogP contribution in [0.25, 0.3) is 0 Å². The number of rotatable bonds is 10. The summed E-state index contributed by atoms with van der Waals surface area (Å²) in [6.07, 6.45) is 10.9. The first-order valence-electron chi connectivity index (χ1n) is 9.50. The average molecular weight is 352 g/mol. The Bertz CT molecular complexity index is 720. The normalized spacial score (nSPS) is 11.2. The molecular weight excluding hydrogens is 324 g/mol. The number of aryl methyl sites for hydroxylation is 6. The van der Waals surface area contributed by atoms with Crippen LogP contribution in [0, 0.1) is 13.8 Å². The average Bonchev–Trinajstić information content (AvgIpc) is 3.25. The molecule has 0 bridgehead atoms. The Labute approximate surface area is 155 Å². The quantitative estimate of drug-likeness (QED) is 0.524. The Hall–Kier alpha value is -2.50. The maximum absolute atomic E-state index is 4.09. The predicted molar refractivity (Wildman–Crippen MR) is 102 cm³/mol. The Balaban J connectivity index is 1.31. The fourth-order valence-corrected chi connectivity index (χ4v) is 3.09. The van der Waals surface area contributed by atoms with Crippen molar-refractivity contribution in [2.24, 2.45) is 0 Å². The summed E-state index contributed by atoms with van der Waals surface area (Å²) >= 11 is 0. The van der Waals surface area contributed by atoms with Gasteiger partial charge in [-0.15, -0.1) is 10.2 Å². The van der Waals surface area contributed by atoms with Crippen molar-refractivity contribution in [3.63, 3.8) is 0 Å². The van der Waals surface area contributed by atoms with Crippen LogP contribution in [0.4, 0.5) is 0 Å². The molecule has 0 saturated carbocycles. The second-order valence-electron chi connectivity index (χ2n) is 6.98. The van der Waals surface area contributed by atoms with Gasteiger partial charge in [0.25, 0.3) is 0 Å². The molecule has 0 amide bonds. The monoisotopic (exact) mass is 352 g/mol. The minimum absolute atomic E-state index is 0.949. The van der Waals surface area contributed by atoms with E-state index >= 15 is 0 Å². The van der Waals surface area contributed by atoms with Gasteiger partial charge in [-0.2, -0.15) is 0 Å². The van der Waals surface area contributed by atoms with Gasteiger partial charge in [0.15, 0.2) is 0 Å². The summed E-state index contributed by atoms with van der Waals surface area (Å²) in [6, 6.07) is 9.09. The van der Waals surface area contributed by atoms with Crippen molar-refractivity contribution in [2.75, 3.05) is 0 Å². The molecule has 0 N–H and O–H groups in total. The van der Waals surface area contributed by atoms with E-state index in [-0.39, 0.29) is 0 Å². The molecule has 0 saturated heterocycles. The van der Waals surface area contributed by atoms with E-state index in [1.54, 1.807) is 0 Å². The Morgan fingerprint density at radius 1 is 0.654 bits per heavy atom. The van der Waals surface area contributed by atoms with E-state index in [1.807, 2.05) is 35.6 Å². The molecule has 0 unspecified atom stereocenters. The molecule has 0 atom stereocenters. The SMILES string of the molecule is Cc1cn(CCCCc2ccc(CCCCn3cc(C)nn3)cc2)nn1. The summed E-state index contributed by atoms with van der Waals surface area (Å²) in [5.41, 5.74) is 4.80. The number of benzene rings is 1. The van der Waals surface area contributed by atoms with E-state index in [1.165, 1.54) is 24.0 Å². The lowest BCUT2D eigenvalue weighted by molar-refractivity contribution is 0.540. The van der Waals surface area contributed by atoms with Crippen molar-refractivity contribution in [1.82, 2.24) is 30.0 Å². The van der Waals surface area contributed by atoms with Gasteiger partial charge in [-0.3, -0.25) is 9.36 Å². The Morgan fingerprint density at radius 3 is 1.42 bits per heavy atom. The van der Waals surface area contributed by atoms with Crippen LogP contribution < -0.4 is 0 Å². The Morgan fingerprint density at radius 2 is 1.08 bits per heavy atom. The van der Waals surface area contributed by atoms with Gasteiger partial charge in [0, 0.05) is 25.5 Å². The van der Waals surface area contributed by atoms with E-state index in [0.29, 0.717) is 0 Å². The molecule has 3 rings (SSSR count). The van der Waals surface area contributed by atoms with Crippen molar-refractivity contribution in [3.05, 3.63) is 59.2 Å². The van der Waals surface area contributed by atoms with Gasteiger partial charge in [0.1, 0.15) is 0 Å². The van der Waals surface area contributed by atoms with Crippen LogP contribution in [0.1, 0.15) is 48.2 Å². The lowest BCUT2D eigenvalue weighted by atomic mass is 10.0. The maximum Gasteiger partial charge on any atom is 0.0796 e. The summed E-state index contributed by atoms with van der Waals surface area (Å²) in [7, 11) is 0. The number of hydrogen-bond acceptors (Lipinski definition) is 4. The van der Waals surface area contributed by atoms with Crippen molar-refractivity contribution >= 4 is 0 Å². The third-order valence-electron chi connectivity index (χ3n) is 4.53. The number of unbranched alkanes of at least 4 members (excludes halogenated alkanes) is 2. The molecule has 0 aliphatic heterocycles. The topological polar surface area (TPSA) is 61.4 Å². The lowest BCUT2D eigenvalue weighted by Gasteiger charge is -2.05. The zero-order valence-electron chi connectivity index (χ0n) is 15.8. The molecule has 0 aliphatic rings. The lowest BCUT2D eigenvalue weighted by Crippen LogP contribution is -2.00. The van der Waals surface area contributed by atoms with Gasteiger partial charge >= 0.3 is 0 Å². The minimum atomic E-state index is 0.949. The van der Waals surface area contributed by atoms with Gasteiger partial charge in [-0.05, 0) is 63.5 Å². The second-order valence-corrected chi connectivity index (χ2v) is 6.98. The highest BCUT2D eigenvalue weighted by atomic mass is 15.4. The molecule has 3 aromatic rings. The zero-order valence-corrected chi connectivity index (χ0v) is 15.8. The van der Waals surface area contributed by atoms with Gasteiger partial charge in [-0.25, -0.2) is 0 Å². The maximum atomic E-state index is 4.09. The smallest absolute Gasteiger partial charge is 0.0796 e. The van der Waals surface area contributed by atoms with E-state index in [2.05, 4.69) is 44.9 Å². The molecule has 6 heteroatoms. The fraction of sp³-hybridized carbons (Fsp3) is 0.500. The first kappa shape index (κ1) is 18.3. The summed E-state index contributed by atoms with van der Waals surface area (Å²) < 4.78 is 3.86. The standard InChI is InChI=1S/C20H28N6/c1-17-15-25(23-21-17)13-5-3-7-19-9-11-20(12-10-19)8-4-6-14-26-16-18(2)22-24-26/h9-12,15-16H,3-8,13-14H2,1-2H3. The van der Waals surface area contributed by atoms with Crippen molar-refractivity contribution < 1.29 is 0 Å². The minimum Gasteiger partial charge on any atom is -0.252 e. The van der Waals surface area contributed by atoms with E-state index in [9.17, 15) is 0 Å². The first-order valence-corrected chi connectivity index (χ1v) is 9.50. The highest BCUT2D eigenvalue weighted by molar-refractivity contribution is 5.22. The van der Waals surface area contributed by atoms with Crippen LogP contribution in [0.5, 0.6) is 0 Å². The summed E-state index contributed by atoms with van der Waals surface area (Å²) in [4.78, 5) is 0. The highest BCUT2D eigenvalue weighted by Gasteiger charge is 2.00. The number of hydrogen-bond donors (Lipinski definition) is 0. The summed E-state index contributed by atoms with van der Waals surface area (Å²) in [5, 5.41) is 16.2. The molecule has 6 nitrogen and oxygen atoms in total. The molecule has 0 aliphatic carbocycles. The zero-order chi connectivity index (χ0) is 18.2. The molecule has 2 heterocycles. The molecule has 0 spiro atoms. The van der Waals surface area contributed by atoms with Crippen molar-refractivity contribution in [3.8, 4) is 0 Å². The Kier molecular flexibility index (Phi) is 6.52. The van der Waals surface area contributed by atoms with Crippen LogP contribution in [-0.2, 0) is 25.9 Å². The molecule has 0 fully saturated rings. The van der Waals surface area contributed by atoms with Gasteiger partial charge in [0.2, 0.25) is 0 Å². The van der Waals surface area contributed by atoms with Gasteiger partial charge < -0.3 is 0 Å². The van der Waals surface area contributed by atoms with Gasteiger partial charge in [0.05, 0.1) is 11.4 Å². The van der Waals surface area contributed by atoms with E-state index < -0.39 is 0 Å². The molecule has 138 valence electrons. The summed E-state index contributed by atoms with van der Waals surface area (Å²) in [6.45, 7) is 5.84. The van der Waals surface area contributed by atoms with Crippen molar-refractivity contribution in [2.45, 2.75) is 65.5 Å².